The van der Waals surface area contributed by atoms with Crippen LogP contribution < -0.4 is 10.1 Å². The van der Waals surface area contributed by atoms with Gasteiger partial charge in [-0.1, -0.05) is 12.1 Å². The molecule has 1 atom stereocenters. The summed E-state index contributed by atoms with van der Waals surface area (Å²) >= 11 is 0. The van der Waals surface area contributed by atoms with Crippen molar-refractivity contribution >= 4 is 6.09 Å². The lowest BCUT2D eigenvalue weighted by molar-refractivity contribution is -0.0498. The van der Waals surface area contributed by atoms with E-state index in [-0.39, 0.29) is 11.3 Å². The maximum Gasteiger partial charge on any atom is 0.407 e. The van der Waals surface area contributed by atoms with Crippen molar-refractivity contribution < 1.29 is 23.0 Å². The zero-order chi connectivity index (χ0) is 13.9. The van der Waals surface area contributed by atoms with Crippen molar-refractivity contribution in [3.63, 3.8) is 0 Å². The van der Waals surface area contributed by atoms with Crippen LogP contribution in [0.1, 0.15) is 18.9 Å². The van der Waals surface area contributed by atoms with Crippen molar-refractivity contribution in [2.75, 3.05) is 6.61 Å². The molecule has 0 bridgehead atoms. The molecule has 6 heteroatoms. The Morgan fingerprint density at radius 2 is 2.11 bits per heavy atom. The zero-order valence-electron chi connectivity index (χ0n) is 10.5. The van der Waals surface area contributed by atoms with Crippen LogP contribution in [0.2, 0.25) is 0 Å². The van der Waals surface area contributed by atoms with Crippen LogP contribution in [0.4, 0.5) is 13.6 Å². The largest absolute Gasteiger partial charge is 0.447 e. The monoisotopic (exact) mass is 271 g/mol. The van der Waals surface area contributed by atoms with Gasteiger partial charge in [0, 0.05) is 0 Å². The molecule has 1 amide bonds. The Hall–Kier alpha value is -1.85. The Bertz CT molecular complexity index is 450. The van der Waals surface area contributed by atoms with Crippen LogP contribution in [0.5, 0.6) is 5.75 Å². The molecule has 0 saturated carbocycles. The molecule has 0 spiro atoms. The highest BCUT2D eigenvalue weighted by Crippen LogP contribution is 2.21. The molecule has 0 aliphatic carbocycles. The average molecular weight is 271 g/mol. The zero-order valence-corrected chi connectivity index (χ0v) is 10.5. The maximum atomic E-state index is 12.0. The van der Waals surface area contributed by atoms with E-state index in [0.717, 1.165) is 12.0 Å². The van der Waals surface area contributed by atoms with Crippen LogP contribution >= 0.6 is 0 Å². The van der Waals surface area contributed by atoms with Crippen molar-refractivity contribution in [1.82, 2.24) is 5.32 Å². The first-order valence-electron chi connectivity index (χ1n) is 5.96. The molecule has 0 aromatic heterocycles. The molecule has 4 nitrogen and oxygen atoms in total. The van der Waals surface area contributed by atoms with Crippen molar-refractivity contribution in [2.45, 2.75) is 31.9 Å². The molecule has 1 aliphatic rings. The highest BCUT2D eigenvalue weighted by atomic mass is 19.3. The fourth-order valence-corrected chi connectivity index (χ4v) is 1.94. The van der Waals surface area contributed by atoms with E-state index in [1.807, 2.05) is 6.92 Å². The molecule has 1 heterocycles. The predicted octanol–water partition coefficient (Wildman–Crippen LogP) is 2.72. The predicted molar refractivity (Wildman–Crippen MR) is 64.3 cm³/mol. The van der Waals surface area contributed by atoms with Gasteiger partial charge in [0.2, 0.25) is 0 Å². The minimum absolute atomic E-state index is 0.141. The number of ether oxygens (including phenoxy) is 2. The number of benzene rings is 1. The van der Waals surface area contributed by atoms with E-state index in [2.05, 4.69) is 10.1 Å². The molecular formula is C13H15F2NO3. The number of nitrogens with one attached hydrogen (secondary N) is 1. The lowest BCUT2D eigenvalue weighted by atomic mass is 9.95. The van der Waals surface area contributed by atoms with E-state index in [0.29, 0.717) is 13.0 Å². The molecular weight excluding hydrogens is 256 g/mol. The molecule has 1 aromatic carbocycles. The fraction of sp³-hybridized carbons (Fsp3) is 0.462. The topological polar surface area (TPSA) is 47.6 Å². The Morgan fingerprint density at radius 3 is 2.63 bits per heavy atom. The van der Waals surface area contributed by atoms with Crippen LogP contribution in [-0.2, 0) is 11.2 Å². The maximum absolute atomic E-state index is 12.0. The van der Waals surface area contributed by atoms with E-state index in [9.17, 15) is 13.6 Å². The Labute approximate surface area is 109 Å². The first-order chi connectivity index (χ1) is 8.97. The van der Waals surface area contributed by atoms with Crippen LogP contribution in [0.25, 0.3) is 0 Å². The number of hydrogen-bond donors (Lipinski definition) is 1. The molecule has 1 saturated heterocycles. The SMILES string of the molecule is CC1(CCc2ccc(OC(F)F)cc2)COC(=O)N1. The Balaban J connectivity index is 1.88. The van der Waals surface area contributed by atoms with Gasteiger partial charge in [0.25, 0.3) is 0 Å². The van der Waals surface area contributed by atoms with Crippen LogP contribution in [0.15, 0.2) is 24.3 Å². The quantitative estimate of drug-likeness (QED) is 0.895. The number of carbonyl (C=O) groups is 1. The third-order valence-corrected chi connectivity index (χ3v) is 3.04. The smallest absolute Gasteiger partial charge is 0.407 e. The summed E-state index contributed by atoms with van der Waals surface area (Å²) in [5.74, 6) is 0.141. The van der Waals surface area contributed by atoms with Crippen molar-refractivity contribution in [1.29, 1.82) is 0 Å². The lowest BCUT2D eigenvalue weighted by Gasteiger charge is -2.20. The van der Waals surface area contributed by atoms with Gasteiger partial charge in [-0.3, -0.25) is 0 Å². The fourth-order valence-electron chi connectivity index (χ4n) is 1.94. The third-order valence-electron chi connectivity index (χ3n) is 3.04. The standard InChI is InChI=1S/C13H15F2NO3/c1-13(8-18-12(17)16-13)7-6-9-2-4-10(5-3-9)19-11(14)15/h2-5,11H,6-8H2,1H3,(H,16,17). The van der Waals surface area contributed by atoms with Gasteiger partial charge in [-0.15, -0.1) is 0 Å². The summed E-state index contributed by atoms with van der Waals surface area (Å²) in [5, 5.41) is 2.75. The second kappa shape index (κ2) is 5.42. The number of hydrogen-bond acceptors (Lipinski definition) is 3. The van der Waals surface area contributed by atoms with E-state index in [1.54, 1.807) is 12.1 Å². The van der Waals surface area contributed by atoms with E-state index in [1.165, 1.54) is 12.1 Å². The number of carbonyl (C=O) groups excluding carboxylic acids is 1. The number of cyclic esters (lactones) is 1. The minimum atomic E-state index is -2.81. The molecule has 104 valence electrons. The summed E-state index contributed by atoms with van der Waals surface area (Å²) < 4.78 is 33.1. The Morgan fingerprint density at radius 1 is 1.42 bits per heavy atom. The summed E-state index contributed by atoms with van der Waals surface area (Å²) in [7, 11) is 0. The third kappa shape index (κ3) is 3.81. The number of amides is 1. The number of aryl methyl sites for hydroxylation is 1. The van der Waals surface area contributed by atoms with Gasteiger partial charge in [0.05, 0.1) is 5.54 Å². The second-order valence-electron chi connectivity index (χ2n) is 4.78. The first-order valence-corrected chi connectivity index (χ1v) is 5.96. The molecule has 1 fully saturated rings. The Kier molecular flexibility index (Phi) is 3.87. The van der Waals surface area contributed by atoms with Gasteiger partial charge < -0.3 is 14.8 Å². The van der Waals surface area contributed by atoms with Crippen molar-refractivity contribution in [2.24, 2.45) is 0 Å². The summed E-state index contributed by atoms with van der Waals surface area (Å²) in [6, 6.07) is 6.48. The molecule has 1 unspecified atom stereocenters. The van der Waals surface area contributed by atoms with Gasteiger partial charge in [-0.05, 0) is 37.5 Å². The highest BCUT2D eigenvalue weighted by Gasteiger charge is 2.34. The summed E-state index contributed by atoms with van der Waals surface area (Å²) in [5.41, 5.74) is 0.624. The van der Waals surface area contributed by atoms with Crippen LogP contribution in [0.3, 0.4) is 0 Å². The van der Waals surface area contributed by atoms with Crippen LogP contribution in [0, 0.1) is 0 Å². The molecule has 19 heavy (non-hydrogen) atoms. The minimum Gasteiger partial charge on any atom is -0.447 e. The van der Waals surface area contributed by atoms with Crippen molar-refractivity contribution in [3.8, 4) is 5.75 Å². The molecule has 0 radical (unpaired) electrons. The lowest BCUT2D eigenvalue weighted by Crippen LogP contribution is -2.40. The van der Waals surface area contributed by atoms with E-state index < -0.39 is 12.7 Å². The van der Waals surface area contributed by atoms with Gasteiger partial charge in [0.1, 0.15) is 12.4 Å². The van der Waals surface area contributed by atoms with Gasteiger partial charge in [-0.25, -0.2) is 4.79 Å². The number of rotatable bonds is 5. The number of alkyl halides is 2. The van der Waals surface area contributed by atoms with Gasteiger partial charge in [-0.2, -0.15) is 8.78 Å². The van der Waals surface area contributed by atoms with Crippen LogP contribution in [-0.4, -0.2) is 24.9 Å². The van der Waals surface area contributed by atoms with Crippen molar-refractivity contribution in [3.05, 3.63) is 29.8 Å². The first kappa shape index (κ1) is 13.6. The number of halogens is 2. The summed E-state index contributed by atoms with van der Waals surface area (Å²) in [4.78, 5) is 11.0. The molecule has 2 rings (SSSR count). The summed E-state index contributed by atoms with van der Waals surface area (Å²) in [6.45, 7) is -0.555. The summed E-state index contributed by atoms with van der Waals surface area (Å²) in [6.07, 6.45) is 1.03. The molecule has 1 N–H and O–H groups in total. The second-order valence-corrected chi connectivity index (χ2v) is 4.78. The van der Waals surface area contributed by atoms with E-state index >= 15 is 0 Å². The average Bonchev–Trinajstić information content (AvgIpc) is 2.68. The normalized spacial score (nSPS) is 22.2. The van der Waals surface area contributed by atoms with Gasteiger partial charge in [0.15, 0.2) is 0 Å². The van der Waals surface area contributed by atoms with E-state index in [4.69, 9.17) is 4.74 Å². The molecule has 1 aromatic rings. The molecule has 1 aliphatic heterocycles. The number of alkyl carbamates (subject to hydrolysis) is 1. The van der Waals surface area contributed by atoms with Gasteiger partial charge >= 0.3 is 12.7 Å². The highest BCUT2D eigenvalue weighted by molar-refractivity contribution is 5.70.